The van der Waals surface area contributed by atoms with Crippen LogP contribution in [0.2, 0.25) is 0 Å². The largest absolute Gasteiger partial charge is 1.00 e. The molecule has 6 rings (SSSR count). The number of nitro benzene ring substituents is 2. The van der Waals surface area contributed by atoms with Gasteiger partial charge in [-0.25, -0.2) is 34.8 Å². The number of non-ortho nitro benzene ring substituents is 2. The van der Waals surface area contributed by atoms with Crippen LogP contribution < -0.4 is 104 Å². The monoisotopic (exact) mass is 2110 g/mol. The molecule has 2 aromatic rings. The SMILES string of the molecule is C.CC[C@H]1O[C@@H](OCCCO)[C@H](OC(C)=O)[C@@H](OC(C)=O)[C@@H]1C.CC[C@H]1O[C@@H](OCCCOC(=O)CCCCS(=O)(=O)[O-])[C@H](OC(C)=O)[C@@H](OC(C)=O)[C@@H]1C.CC[C@H]1O[C@@H](OCCCOC(=O)Oc2ccc([N+](=O)[O-])cc2)[C@H](OC(C)=O)[C@@H](OC(C)=O)[C@@H]1C.NCCCS(=O)(=O)[O-].O=C(CCCCS(=O)(=O)[O-])OCCCO[C@@H]1O[C@H](CO)[C@@H](O)[C@H](O)[C@H]1O.O=C(Cl)Oc1ccc([N+](=O)[O-])cc1.[Na+].[Na+].[Na+]. The summed E-state index contributed by atoms with van der Waals surface area (Å²) in [4.78, 5) is 134. The first kappa shape index (κ1) is 139. The van der Waals surface area contributed by atoms with Gasteiger partial charge in [-0.1, -0.05) is 49.0 Å². The summed E-state index contributed by atoms with van der Waals surface area (Å²) in [6.07, 6.45) is -11.8. The Balaban J connectivity index is -0.000000815. The number of nitrogens with two attached hydrogens (primary N) is 1. The van der Waals surface area contributed by atoms with Gasteiger partial charge in [0, 0.05) is 151 Å². The second-order valence-corrected chi connectivity index (χ2v) is 34.9. The molecule has 57 heteroatoms. The molecule has 4 heterocycles. The van der Waals surface area contributed by atoms with E-state index in [-0.39, 0.29) is 278 Å². The summed E-state index contributed by atoms with van der Waals surface area (Å²) in [5.41, 5.74) is 3.75. The smallest absolute Gasteiger partial charge is 0.748 e. The Morgan fingerprint density at radius 1 is 0.403 bits per heavy atom. The summed E-state index contributed by atoms with van der Waals surface area (Å²) in [7, 11) is -12.6. The fraction of sp³-hybridized carbons (Fsp3) is 0.732. The summed E-state index contributed by atoms with van der Waals surface area (Å²) in [5, 5.41) is 67.7. The maximum atomic E-state index is 11.8. The van der Waals surface area contributed by atoms with Gasteiger partial charge in [0.15, 0.2) is 43.5 Å². The first-order valence-electron chi connectivity index (χ1n) is 42.7. The van der Waals surface area contributed by atoms with Crippen molar-refractivity contribution in [3.8, 4) is 11.5 Å². The van der Waals surface area contributed by atoms with Gasteiger partial charge >= 0.3 is 148 Å². The molecule has 139 heavy (non-hydrogen) atoms. The number of ether oxygens (including phenoxy) is 19. The molecule has 782 valence electrons. The number of carbonyl (C=O) groups is 10. The molecule has 4 aliphatic heterocycles. The minimum absolute atomic E-state index is 0. The van der Waals surface area contributed by atoms with Crippen LogP contribution in [0.5, 0.6) is 11.5 Å². The molecule has 0 amide bonds. The van der Waals surface area contributed by atoms with Gasteiger partial charge in [0.1, 0.15) is 54.2 Å². The summed E-state index contributed by atoms with van der Waals surface area (Å²) >= 11 is 4.92. The minimum atomic E-state index is -4.28. The molecule has 4 saturated heterocycles. The van der Waals surface area contributed by atoms with E-state index in [9.17, 15) is 122 Å². The van der Waals surface area contributed by atoms with E-state index in [1.807, 2.05) is 41.5 Å². The number of hydrogen-bond acceptors (Lipinski definition) is 48. The topological polar surface area (TPSA) is 731 Å². The van der Waals surface area contributed by atoms with Crippen molar-refractivity contribution in [1.82, 2.24) is 0 Å². The Kier molecular flexibility index (Phi) is 75.2. The third-order valence-electron chi connectivity index (χ3n) is 19.1. The molecule has 2 aromatic carbocycles. The number of aliphatic hydroxyl groups excluding tert-OH is 5. The molecule has 0 bridgehead atoms. The zero-order valence-corrected chi connectivity index (χ0v) is 88.9. The molecule has 0 aromatic heterocycles. The number of unbranched alkanes of at least 4 members (excludes halogenated alkanes) is 2. The zero-order chi connectivity index (χ0) is 102. The first-order chi connectivity index (χ1) is 63.3. The van der Waals surface area contributed by atoms with E-state index in [1.54, 1.807) is 0 Å². The number of nitrogens with zero attached hydrogens (tertiary/aromatic N) is 2. The third-order valence-corrected chi connectivity index (χ3v) is 21.5. The molecule has 0 spiro atoms. The van der Waals surface area contributed by atoms with Crippen molar-refractivity contribution in [3.05, 3.63) is 68.8 Å². The Bertz CT molecular complexity index is 4290. The second kappa shape index (κ2) is 75.0. The Morgan fingerprint density at radius 2 is 0.691 bits per heavy atom. The van der Waals surface area contributed by atoms with Crippen molar-refractivity contribution in [1.29, 1.82) is 0 Å². The van der Waals surface area contributed by atoms with Crippen molar-refractivity contribution in [3.63, 3.8) is 0 Å². The van der Waals surface area contributed by atoms with E-state index in [0.717, 1.165) is 0 Å². The van der Waals surface area contributed by atoms with Gasteiger partial charge in [0.05, 0.1) is 111 Å². The first-order valence-corrected chi connectivity index (χ1v) is 47.8. The number of halogens is 1. The molecule has 50 nitrogen and oxygen atoms in total. The van der Waals surface area contributed by atoms with Crippen LogP contribution in [0.4, 0.5) is 21.0 Å². The van der Waals surface area contributed by atoms with Gasteiger partial charge in [0.2, 0.25) is 0 Å². The number of esters is 8. The number of benzene rings is 2. The van der Waals surface area contributed by atoms with Gasteiger partial charge in [-0.3, -0.25) is 58.6 Å². The van der Waals surface area contributed by atoms with Gasteiger partial charge in [-0.05, 0) is 88.6 Å². The van der Waals surface area contributed by atoms with Crippen molar-refractivity contribution < 1.29 is 301 Å². The predicted molar refractivity (Wildman–Crippen MR) is 465 cm³/mol. The van der Waals surface area contributed by atoms with E-state index < -0.39 is 204 Å². The molecule has 0 aliphatic carbocycles. The Morgan fingerprint density at radius 3 is 0.964 bits per heavy atom. The molecule has 0 radical (unpaired) electrons. The van der Waals surface area contributed by atoms with E-state index in [2.05, 4.69) is 4.74 Å². The summed E-state index contributed by atoms with van der Waals surface area (Å²) in [5.74, 6) is -5.81. The zero-order valence-electron chi connectivity index (χ0n) is 79.7. The summed E-state index contributed by atoms with van der Waals surface area (Å²) < 4.78 is 194. The fourth-order valence-electron chi connectivity index (χ4n) is 12.7. The maximum Gasteiger partial charge on any atom is 1.00 e. The molecule has 0 unspecified atom stereocenters. The second-order valence-electron chi connectivity index (χ2n) is 30.0. The quantitative estimate of drug-likeness (QED) is 0.00421. The average Bonchev–Trinajstić information content (AvgIpc) is 0.801. The molecule has 4 fully saturated rings. The van der Waals surface area contributed by atoms with Gasteiger partial charge in [-0.15, -0.1) is 0 Å². The van der Waals surface area contributed by atoms with Crippen molar-refractivity contribution in [2.75, 3.05) is 83.3 Å². The molecular weight excluding hydrogens is 1980 g/mol. The maximum absolute atomic E-state index is 11.8. The van der Waals surface area contributed by atoms with E-state index in [4.69, 9.17) is 113 Å². The van der Waals surface area contributed by atoms with Crippen LogP contribution in [0.3, 0.4) is 0 Å². The molecule has 4 aliphatic rings. The van der Waals surface area contributed by atoms with Crippen LogP contribution >= 0.6 is 11.6 Å². The standard InChI is InChI=1S/C22H29NO11.C20H34O11S.C15H26O7.C14H26O11S.C7H4ClNO4.C3H9NO3S.CH4.3Na/c1-5-18-13(2)19(31-14(3)24)20(32-15(4)25)21(34-18)29-11-6-12-30-22(26)33-17-9-7-16(8-10-17)23(27)28;1-5-16-13(2)18(29-14(3)21)19(30-15(4)22)20(31-16)28-11-8-10-27-17(23)9-6-7-12-32(24,25)26;1-5-12-9(2)13(20-10(3)17)14(21-11(4)18)15(22-12)19-8-6-7-16;15-8-9-11(17)12(18)13(19)14(25-9)24-6-3-5-23-10(16)4-1-2-7-26(20,21)22;8-7(10)13-6-3-1-5(2-4-6)9(11)12;4-2-1-3-8(5,6)7;;;;/h7-10,13,18-21H,5-6,11-12H2,1-4H3;13,16,18-20H,5-12H2,1-4H3,(H,24,25,26);9,12-16H,5-8H2,1-4H3;9,11-15,17-19H,1-8H2,(H,20,21,22);1-4H;1-4H2,(H,5,6,7);1H4;;;/q;;;;;;;3*+1/p-3/t13-,18-,19+,20-,21-;13-,16-,18+,19-,20-;9-,12-,13+,14-,15-;9-,11-,12+,13-,14-;;;;;;/m1111....../s1. The molecule has 0 saturated carbocycles. The van der Waals surface area contributed by atoms with Crippen molar-refractivity contribution in [2.45, 2.75) is 285 Å². The predicted octanol–water partition coefficient (Wildman–Crippen LogP) is -4.23. The van der Waals surface area contributed by atoms with Gasteiger partial charge in [-0.2, -0.15) is 0 Å². The van der Waals surface area contributed by atoms with Crippen molar-refractivity contribution in [2.24, 2.45) is 23.5 Å². The number of rotatable bonds is 46. The summed E-state index contributed by atoms with van der Waals surface area (Å²) in [6, 6.07) is 9.98. The van der Waals surface area contributed by atoms with Crippen LogP contribution in [-0.4, -0.2) is 321 Å². The Labute approximate surface area is 878 Å². The molecular formula is C82H129ClN3Na3O47S3. The third kappa shape index (κ3) is 60.7. The van der Waals surface area contributed by atoms with Crippen LogP contribution in [0.15, 0.2) is 48.5 Å². The van der Waals surface area contributed by atoms with Crippen LogP contribution in [0.1, 0.15) is 180 Å². The van der Waals surface area contributed by atoms with Crippen molar-refractivity contribution >= 4 is 113 Å². The normalized spacial score (nSPS) is 23.9. The van der Waals surface area contributed by atoms with E-state index in [1.165, 1.54) is 90.1 Å². The van der Waals surface area contributed by atoms with E-state index >= 15 is 0 Å². The Hall–Kier alpha value is -5.80. The summed E-state index contributed by atoms with van der Waals surface area (Å²) in [6.45, 7) is 19.2. The molecule has 20 atom stereocenters. The van der Waals surface area contributed by atoms with Gasteiger partial charge in [0.25, 0.3) is 11.4 Å². The number of aliphatic hydroxyl groups is 5. The van der Waals surface area contributed by atoms with E-state index in [0.29, 0.717) is 32.1 Å². The number of nitro groups is 2. The molecule has 7 N–H and O–H groups in total. The number of hydrogen-bond donors (Lipinski definition) is 6. The average molecular weight is 2110 g/mol. The fourth-order valence-corrected chi connectivity index (χ4v) is 14.5. The van der Waals surface area contributed by atoms with Crippen LogP contribution in [0.25, 0.3) is 0 Å². The number of carbonyl (C=O) groups excluding carboxylic acids is 10. The van der Waals surface area contributed by atoms with Crippen LogP contribution in [-0.2, 0) is 149 Å². The van der Waals surface area contributed by atoms with Crippen LogP contribution in [0, 0.1) is 38.0 Å². The van der Waals surface area contributed by atoms with Gasteiger partial charge < -0.3 is 135 Å². The minimum Gasteiger partial charge on any atom is -0.748 e.